The maximum Gasteiger partial charge on any atom is 0.416 e. The highest BCUT2D eigenvalue weighted by molar-refractivity contribution is 9.10. The van der Waals surface area contributed by atoms with Crippen LogP contribution in [0.15, 0.2) is 59.1 Å². The van der Waals surface area contributed by atoms with Crippen LogP contribution in [0.3, 0.4) is 0 Å². The second-order valence-corrected chi connectivity index (χ2v) is 6.90. The minimum absolute atomic E-state index is 0.197. The number of nitrogens with one attached hydrogen (secondary N) is 1. The molecule has 0 saturated heterocycles. The lowest BCUT2D eigenvalue weighted by molar-refractivity contribution is -0.137. The van der Waals surface area contributed by atoms with Crippen LogP contribution >= 0.6 is 15.9 Å². The average Bonchev–Trinajstić information content (AvgIpc) is 2.95. The first-order chi connectivity index (χ1) is 12.7. The molecule has 0 aliphatic carbocycles. The molecule has 0 radical (unpaired) electrons. The Kier molecular flexibility index (Phi) is 5.36. The molecule has 27 heavy (non-hydrogen) atoms. The molecule has 1 aromatic heterocycles. The van der Waals surface area contributed by atoms with Gasteiger partial charge in [-0.2, -0.15) is 18.3 Å². The molecule has 1 N–H and O–H groups in total. The number of aryl methyl sites for hydroxylation is 1. The van der Waals surface area contributed by atoms with Crippen LogP contribution < -0.4 is 5.32 Å². The fraction of sp³-hybridized carbons (Fsp3) is 0.158. The topological polar surface area (TPSA) is 46.9 Å². The Morgan fingerprint density at radius 2 is 1.85 bits per heavy atom. The van der Waals surface area contributed by atoms with Crippen LogP contribution in [0.5, 0.6) is 0 Å². The van der Waals surface area contributed by atoms with Crippen LogP contribution in [-0.4, -0.2) is 15.7 Å². The highest BCUT2D eigenvalue weighted by Gasteiger charge is 2.30. The number of rotatable bonds is 4. The van der Waals surface area contributed by atoms with E-state index in [9.17, 15) is 18.0 Å². The van der Waals surface area contributed by atoms with E-state index in [1.54, 1.807) is 10.7 Å². The number of carbonyl (C=O) groups excluding carboxylic acids is 1. The van der Waals surface area contributed by atoms with Crippen LogP contribution in [0.1, 0.15) is 27.3 Å². The second kappa shape index (κ2) is 7.56. The molecule has 0 atom stereocenters. The van der Waals surface area contributed by atoms with Crippen LogP contribution in [0.4, 0.5) is 18.9 Å². The third-order valence-corrected chi connectivity index (χ3v) is 4.40. The molecular formula is C19H15BrF3N3O. The van der Waals surface area contributed by atoms with Crippen LogP contribution in [0, 0.1) is 6.92 Å². The number of hydrogen-bond acceptors (Lipinski definition) is 2. The smallest absolute Gasteiger partial charge is 0.321 e. The summed E-state index contributed by atoms with van der Waals surface area (Å²) in [6.07, 6.45) is -4.41. The normalized spacial score (nSPS) is 11.4. The predicted octanol–water partition coefficient (Wildman–Crippen LogP) is 5.27. The zero-order valence-corrected chi connectivity index (χ0v) is 15.8. The maximum absolute atomic E-state index is 12.6. The van der Waals surface area contributed by atoms with Gasteiger partial charge < -0.3 is 5.32 Å². The Morgan fingerprint density at radius 3 is 2.48 bits per heavy atom. The van der Waals surface area contributed by atoms with Gasteiger partial charge in [0.25, 0.3) is 5.91 Å². The van der Waals surface area contributed by atoms with E-state index in [0.717, 1.165) is 27.9 Å². The van der Waals surface area contributed by atoms with Crippen molar-refractivity contribution in [3.8, 4) is 0 Å². The van der Waals surface area contributed by atoms with Gasteiger partial charge in [-0.05, 0) is 55.0 Å². The molecule has 1 amide bonds. The predicted molar refractivity (Wildman–Crippen MR) is 99.6 cm³/mol. The standard InChI is InChI=1S/C19H15BrF3N3O/c1-12-9-17(25-26(12)11-13-3-2-4-15(20)10-13)18(27)24-16-7-5-14(6-8-16)19(21,22)23/h2-10H,11H2,1H3,(H,24,27). The molecule has 0 aliphatic heterocycles. The lowest BCUT2D eigenvalue weighted by Gasteiger charge is -2.08. The van der Waals surface area contributed by atoms with Crippen molar-refractivity contribution in [1.29, 1.82) is 0 Å². The molecule has 140 valence electrons. The SMILES string of the molecule is Cc1cc(C(=O)Nc2ccc(C(F)(F)F)cc2)nn1Cc1cccc(Br)c1. The number of alkyl halides is 3. The van der Waals surface area contributed by atoms with Crippen LogP contribution in [-0.2, 0) is 12.7 Å². The number of anilines is 1. The lowest BCUT2D eigenvalue weighted by atomic mass is 10.2. The number of hydrogen-bond donors (Lipinski definition) is 1. The summed E-state index contributed by atoms with van der Waals surface area (Å²) in [5.74, 6) is -0.481. The molecule has 0 bridgehead atoms. The quantitative estimate of drug-likeness (QED) is 0.603. The van der Waals surface area contributed by atoms with E-state index in [-0.39, 0.29) is 11.4 Å². The van der Waals surface area contributed by atoms with Crippen molar-refractivity contribution < 1.29 is 18.0 Å². The summed E-state index contributed by atoms with van der Waals surface area (Å²) in [6, 6.07) is 13.7. The number of aromatic nitrogens is 2. The Morgan fingerprint density at radius 1 is 1.15 bits per heavy atom. The van der Waals surface area contributed by atoms with Crippen molar-refractivity contribution in [2.45, 2.75) is 19.6 Å². The van der Waals surface area contributed by atoms with Crippen LogP contribution in [0.2, 0.25) is 0 Å². The maximum atomic E-state index is 12.6. The summed E-state index contributed by atoms with van der Waals surface area (Å²) < 4.78 is 40.4. The number of benzene rings is 2. The molecule has 0 unspecified atom stereocenters. The van der Waals surface area contributed by atoms with E-state index in [0.29, 0.717) is 6.54 Å². The van der Waals surface area contributed by atoms with Gasteiger partial charge in [-0.1, -0.05) is 28.1 Å². The molecular weight excluding hydrogens is 423 g/mol. The third kappa shape index (κ3) is 4.77. The third-order valence-electron chi connectivity index (χ3n) is 3.91. The van der Waals surface area contributed by atoms with Gasteiger partial charge in [-0.15, -0.1) is 0 Å². The molecule has 4 nitrogen and oxygen atoms in total. The highest BCUT2D eigenvalue weighted by atomic mass is 79.9. The van der Waals surface area contributed by atoms with Gasteiger partial charge in [0.2, 0.25) is 0 Å². The minimum Gasteiger partial charge on any atom is -0.321 e. The van der Waals surface area contributed by atoms with E-state index in [2.05, 4.69) is 26.3 Å². The van der Waals surface area contributed by atoms with Gasteiger partial charge in [-0.3, -0.25) is 9.48 Å². The van der Waals surface area contributed by atoms with Crippen molar-refractivity contribution in [2.75, 3.05) is 5.32 Å². The first-order valence-corrected chi connectivity index (χ1v) is 8.79. The summed E-state index contributed by atoms with van der Waals surface area (Å²) in [4.78, 5) is 12.4. The summed E-state index contributed by atoms with van der Waals surface area (Å²) in [5, 5.41) is 6.86. The van der Waals surface area contributed by atoms with Crippen molar-refractivity contribution >= 4 is 27.5 Å². The van der Waals surface area contributed by atoms with E-state index < -0.39 is 17.6 Å². The number of halogens is 4. The second-order valence-electron chi connectivity index (χ2n) is 5.99. The molecule has 0 fully saturated rings. The van der Waals surface area contributed by atoms with Gasteiger partial charge in [0.1, 0.15) is 0 Å². The zero-order chi connectivity index (χ0) is 19.6. The van der Waals surface area contributed by atoms with E-state index in [1.165, 1.54) is 12.1 Å². The molecule has 0 aliphatic rings. The lowest BCUT2D eigenvalue weighted by Crippen LogP contribution is -2.14. The molecule has 2 aromatic carbocycles. The van der Waals surface area contributed by atoms with E-state index in [4.69, 9.17) is 0 Å². The first-order valence-electron chi connectivity index (χ1n) is 8.00. The van der Waals surface area contributed by atoms with Gasteiger partial charge >= 0.3 is 6.18 Å². The summed E-state index contributed by atoms with van der Waals surface area (Å²) in [6.45, 7) is 2.33. The average molecular weight is 438 g/mol. The first kappa shape index (κ1) is 19.2. The Balaban J connectivity index is 1.72. The molecule has 1 heterocycles. The number of amides is 1. The summed E-state index contributed by atoms with van der Waals surface area (Å²) in [7, 11) is 0. The molecule has 3 aromatic rings. The molecule has 0 spiro atoms. The zero-order valence-electron chi connectivity index (χ0n) is 14.2. The monoisotopic (exact) mass is 437 g/mol. The summed E-state index contributed by atoms with van der Waals surface area (Å²) >= 11 is 3.41. The van der Waals surface area contributed by atoms with E-state index in [1.807, 2.05) is 31.2 Å². The largest absolute Gasteiger partial charge is 0.416 e. The number of nitrogens with zero attached hydrogens (tertiary/aromatic N) is 2. The molecule has 0 saturated carbocycles. The number of carbonyl (C=O) groups is 1. The molecule has 8 heteroatoms. The minimum atomic E-state index is -4.41. The van der Waals surface area contributed by atoms with Gasteiger partial charge in [0, 0.05) is 15.9 Å². The Bertz CT molecular complexity index is 965. The Labute approximate surface area is 162 Å². The van der Waals surface area contributed by atoms with Gasteiger partial charge in [0.15, 0.2) is 5.69 Å². The van der Waals surface area contributed by atoms with Crippen molar-refractivity contribution in [3.63, 3.8) is 0 Å². The van der Waals surface area contributed by atoms with Crippen molar-refractivity contribution in [2.24, 2.45) is 0 Å². The summed E-state index contributed by atoms with van der Waals surface area (Å²) in [5.41, 5.74) is 1.52. The fourth-order valence-electron chi connectivity index (χ4n) is 2.53. The van der Waals surface area contributed by atoms with Gasteiger partial charge in [-0.25, -0.2) is 0 Å². The van der Waals surface area contributed by atoms with Crippen molar-refractivity contribution in [1.82, 2.24) is 9.78 Å². The van der Waals surface area contributed by atoms with Gasteiger partial charge in [0.05, 0.1) is 12.1 Å². The van der Waals surface area contributed by atoms with E-state index >= 15 is 0 Å². The fourth-order valence-corrected chi connectivity index (χ4v) is 2.97. The van der Waals surface area contributed by atoms with Crippen molar-refractivity contribution in [3.05, 3.63) is 81.6 Å². The molecule has 3 rings (SSSR count). The highest BCUT2D eigenvalue weighted by Crippen LogP contribution is 2.29. The van der Waals surface area contributed by atoms with Crippen LogP contribution in [0.25, 0.3) is 0 Å². The Hall–Kier alpha value is -2.61.